The van der Waals surface area contributed by atoms with Crippen LogP contribution in [0, 0.1) is 0 Å². The molecule has 1 aromatic rings. The number of piperidine rings is 1. The van der Waals surface area contributed by atoms with Crippen LogP contribution in [-0.4, -0.2) is 30.6 Å². The molecule has 1 N–H and O–H groups in total. The van der Waals surface area contributed by atoms with Crippen molar-refractivity contribution < 1.29 is 0 Å². The third-order valence-electron chi connectivity index (χ3n) is 4.60. The number of benzene rings is 1. The van der Waals surface area contributed by atoms with Gasteiger partial charge in [0.25, 0.3) is 0 Å². The average Bonchev–Trinajstić information content (AvgIpc) is 2.83. The van der Waals surface area contributed by atoms with Crippen molar-refractivity contribution in [3.8, 4) is 0 Å². The molecule has 1 aromatic carbocycles. The summed E-state index contributed by atoms with van der Waals surface area (Å²) >= 11 is 0. The number of hydrogen-bond acceptors (Lipinski definition) is 2. The summed E-state index contributed by atoms with van der Waals surface area (Å²) in [6, 6.07) is 10.1. The van der Waals surface area contributed by atoms with Gasteiger partial charge in [0.2, 0.25) is 0 Å². The molecule has 1 aliphatic carbocycles. The Morgan fingerprint density at radius 3 is 2.84 bits per heavy atom. The van der Waals surface area contributed by atoms with Crippen molar-refractivity contribution in [1.29, 1.82) is 0 Å². The van der Waals surface area contributed by atoms with Gasteiger partial charge in [0.15, 0.2) is 0 Å². The fourth-order valence-corrected chi connectivity index (χ4v) is 3.66. The molecule has 0 bridgehead atoms. The van der Waals surface area contributed by atoms with Crippen molar-refractivity contribution in [2.45, 2.75) is 51.1 Å². The van der Waals surface area contributed by atoms with Crippen molar-refractivity contribution in [2.24, 2.45) is 0 Å². The van der Waals surface area contributed by atoms with Crippen LogP contribution in [-0.2, 0) is 6.42 Å². The topological polar surface area (TPSA) is 15.3 Å². The summed E-state index contributed by atoms with van der Waals surface area (Å²) in [5.41, 5.74) is 3.08. The Balaban J connectivity index is 1.54. The second-order valence-electron chi connectivity index (χ2n) is 6.22. The number of nitrogens with zero attached hydrogens (tertiary/aromatic N) is 1. The fourth-order valence-electron chi connectivity index (χ4n) is 3.66. The summed E-state index contributed by atoms with van der Waals surface area (Å²) in [5.74, 6) is 0. The molecule has 2 atom stereocenters. The smallest absolute Gasteiger partial charge is 0.0328 e. The highest BCUT2D eigenvalue weighted by molar-refractivity contribution is 5.34. The van der Waals surface area contributed by atoms with Crippen LogP contribution in [0.2, 0.25) is 0 Å². The van der Waals surface area contributed by atoms with Crippen LogP contribution in [0.5, 0.6) is 0 Å². The Morgan fingerprint density at radius 2 is 2.00 bits per heavy atom. The monoisotopic (exact) mass is 258 g/mol. The zero-order valence-corrected chi connectivity index (χ0v) is 12.1. The zero-order valence-electron chi connectivity index (χ0n) is 12.1. The van der Waals surface area contributed by atoms with Crippen molar-refractivity contribution in [3.05, 3.63) is 35.4 Å². The van der Waals surface area contributed by atoms with Crippen molar-refractivity contribution in [3.63, 3.8) is 0 Å². The van der Waals surface area contributed by atoms with Gasteiger partial charge in [-0.25, -0.2) is 0 Å². The van der Waals surface area contributed by atoms with E-state index in [0.717, 1.165) is 0 Å². The van der Waals surface area contributed by atoms with E-state index in [1.165, 1.54) is 57.3 Å². The van der Waals surface area contributed by atoms with Gasteiger partial charge >= 0.3 is 0 Å². The van der Waals surface area contributed by atoms with Crippen LogP contribution in [0.25, 0.3) is 0 Å². The first-order valence-corrected chi connectivity index (χ1v) is 7.89. The van der Waals surface area contributed by atoms with E-state index in [4.69, 9.17) is 0 Å². The summed E-state index contributed by atoms with van der Waals surface area (Å²) in [6.07, 6.45) is 6.71. The number of fused-ring (bicyclic) bond motifs is 1. The van der Waals surface area contributed by atoms with Gasteiger partial charge in [-0.3, -0.25) is 0 Å². The molecule has 0 spiro atoms. The second-order valence-corrected chi connectivity index (χ2v) is 6.22. The van der Waals surface area contributed by atoms with E-state index < -0.39 is 0 Å². The molecule has 0 amide bonds. The van der Waals surface area contributed by atoms with E-state index in [-0.39, 0.29) is 0 Å². The van der Waals surface area contributed by atoms with Crippen LogP contribution < -0.4 is 5.32 Å². The number of nitrogens with one attached hydrogen (secondary N) is 1. The van der Waals surface area contributed by atoms with Gasteiger partial charge in [-0.1, -0.05) is 30.7 Å². The van der Waals surface area contributed by atoms with Crippen LogP contribution in [0.15, 0.2) is 24.3 Å². The Morgan fingerprint density at radius 1 is 1.21 bits per heavy atom. The maximum absolute atomic E-state index is 3.84. The molecule has 3 rings (SSSR count). The molecule has 0 radical (unpaired) electrons. The van der Waals surface area contributed by atoms with Gasteiger partial charge in [0.1, 0.15) is 0 Å². The van der Waals surface area contributed by atoms with E-state index in [1.807, 2.05) is 0 Å². The highest BCUT2D eigenvalue weighted by Gasteiger charge is 2.23. The summed E-state index contributed by atoms with van der Waals surface area (Å²) in [7, 11) is 0. The number of rotatable bonds is 4. The first-order chi connectivity index (χ1) is 9.33. The lowest BCUT2D eigenvalue weighted by atomic mass is 10.1. The predicted molar refractivity (Wildman–Crippen MR) is 80.4 cm³/mol. The van der Waals surface area contributed by atoms with E-state index in [0.29, 0.717) is 12.1 Å². The molecule has 2 aliphatic rings. The average molecular weight is 258 g/mol. The Labute approximate surface area is 117 Å². The molecule has 104 valence electrons. The predicted octanol–water partition coefficient (Wildman–Crippen LogP) is 3.14. The van der Waals surface area contributed by atoms with Crippen molar-refractivity contribution >= 4 is 0 Å². The van der Waals surface area contributed by atoms with Crippen molar-refractivity contribution in [1.82, 2.24) is 10.2 Å². The van der Waals surface area contributed by atoms with Crippen molar-refractivity contribution in [2.75, 3.05) is 19.6 Å². The van der Waals surface area contributed by atoms with E-state index in [1.54, 1.807) is 5.56 Å². The lowest BCUT2D eigenvalue weighted by Crippen LogP contribution is -2.42. The third-order valence-corrected chi connectivity index (χ3v) is 4.60. The fraction of sp³-hybridized carbons (Fsp3) is 0.647. The van der Waals surface area contributed by atoms with Crippen LogP contribution in [0.3, 0.4) is 0 Å². The van der Waals surface area contributed by atoms with E-state index in [2.05, 4.69) is 41.4 Å². The van der Waals surface area contributed by atoms with E-state index in [9.17, 15) is 0 Å². The van der Waals surface area contributed by atoms with Gasteiger partial charge in [0.05, 0.1) is 0 Å². The number of likely N-dealkylation sites (tertiary alicyclic amines) is 1. The van der Waals surface area contributed by atoms with Gasteiger partial charge in [0, 0.05) is 18.6 Å². The van der Waals surface area contributed by atoms with Gasteiger partial charge < -0.3 is 10.2 Å². The van der Waals surface area contributed by atoms with Crippen LogP contribution in [0.4, 0.5) is 0 Å². The number of aryl methyl sites for hydroxylation is 1. The lowest BCUT2D eigenvalue weighted by Gasteiger charge is -2.30. The molecule has 1 fully saturated rings. The molecule has 2 heteroatoms. The number of hydrogen-bond donors (Lipinski definition) is 1. The summed E-state index contributed by atoms with van der Waals surface area (Å²) in [5, 5.41) is 3.84. The molecular weight excluding hydrogens is 232 g/mol. The molecule has 2 unspecified atom stereocenters. The minimum atomic E-state index is 0.580. The largest absolute Gasteiger partial charge is 0.306 e. The molecule has 19 heavy (non-hydrogen) atoms. The third kappa shape index (κ3) is 3.18. The summed E-state index contributed by atoms with van der Waals surface area (Å²) in [4.78, 5) is 2.63. The second kappa shape index (κ2) is 6.06. The minimum Gasteiger partial charge on any atom is -0.306 e. The Hall–Kier alpha value is -0.860. The molecule has 1 heterocycles. The Kier molecular flexibility index (Phi) is 4.19. The maximum atomic E-state index is 3.84. The molecule has 0 saturated carbocycles. The lowest BCUT2D eigenvalue weighted by molar-refractivity contribution is 0.204. The molecule has 1 saturated heterocycles. The van der Waals surface area contributed by atoms with Gasteiger partial charge in [-0.05, 0) is 56.8 Å². The highest BCUT2D eigenvalue weighted by atomic mass is 15.2. The molecule has 2 nitrogen and oxygen atoms in total. The quantitative estimate of drug-likeness (QED) is 0.892. The summed E-state index contributed by atoms with van der Waals surface area (Å²) < 4.78 is 0. The normalized spacial score (nSPS) is 25.2. The summed E-state index contributed by atoms with van der Waals surface area (Å²) in [6.45, 7) is 6.15. The SMILES string of the molecule is CC(CN1CCCCC1)NC1CCc2ccccc21. The maximum Gasteiger partial charge on any atom is 0.0328 e. The zero-order chi connectivity index (χ0) is 13.1. The van der Waals surface area contributed by atoms with Gasteiger partial charge in [-0.2, -0.15) is 0 Å². The first-order valence-electron chi connectivity index (χ1n) is 7.89. The highest BCUT2D eigenvalue weighted by Crippen LogP contribution is 2.31. The first kappa shape index (κ1) is 13.1. The van der Waals surface area contributed by atoms with Crippen LogP contribution in [0.1, 0.15) is 49.8 Å². The van der Waals surface area contributed by atoms with Crippen LogP contribution >= 0.6 is 0 Å². The van der Waals surface area contributed by atoms with Gasteiger partial charge in [-0.15, -0.1) is 0 Å². The molecule has 0 aromatic heterocycles. The van der Waals surface area contributed by atoms with E-state index >= 15 is 0 Å². The molecular formula is C17H26N2. The standard InChI is InChI=1S/C17H26N2/c1-14(13-19-11-5-2-6-12-19)18-17-10-9-15-7-3-4-8-16(15)17/h3-4,7-8,14,17-18H,2,5-6,9-13H2,1H3. The Bertz CT molecular complexity index is 409. The molecule has 1 aliphatic heterocycles. The minimum absolute atomic E-state index is 0.580.